The van der Waals surface area contributed by atoms with Crippen molar-refractivity contribution in [3.63, 3.8) is 0 Å². The van der Waals surface area contributed by atoms with Crippen LogP contribution in [-0.4, -0.2) is 56.7 Å². The Kier molecular flexibility index (Phi) is 6.27. The van der Waals surface area contributed by atoms with Crippen molar-refractivity contribution in [2.45, 2.75) is 0 Å². The van der Waals surface area contributed by atoms with Crippen LogP contribution < -0.4 is 14.8 Å². The van der Waals surface area contributed by atoms with Gasteiger partial charge < -0.3 is 24.4 Å². The molecule has 0 radical (unpaired) electrons. The van der Waals surface area contributed by atoms with Crippen molar-refractivity contribution in [3.05, 3.63) is 54.1 Å². The van der Waals surface area contributed by atoms with Crippen molar-refractivity contribution in [1.82, 2.24) is 4.90 Å². The van der Waals surface area contributed by atoms with Gasteiger partial charge in [-0.25, -0.2) is 0 Å². The molecule has 1 N–H and O–H groups in total. The number of anilines is 1. The van der Waals surface area contributed by atoms with Crippen LogP contribution in [0.15, 0.2) is 48.5 Å². The van der Waals surface area contributed by atoms with Gasteiger partial charge in [0.15, 0.2) is 6.61 Å². The molecule has 0 aromatic heterocycles. The normalized spacial score (nSPS) is 13.7. The van der Waals surface area contributed by atoms with Crippen LogP contribution in [0.4, 0.5) is 5.69 Å². The summed E-state index contributed by atoms with van der Waals surface area (Å²) in [6.07, 6.45) is 0. The van der Waals surface area contributed by atoms with Crippen LogP contribution in [-0.2, 0) is 9.53 Å². The van der Waals surface area contributed by atoms with Gasteiger partial charge in [-0.05, 0) is 48.5 Å². The molecule has 27 heavy (non-hydrogen) atoms. The fourth-order valence-electron chi connectivity index (χ4n) is 2.66. The molecule has 2 aromatic carbocycles. The fraction of sp³-hybridized carbons (Fsp3) is 0.300. The van der Waals surface area contributed by atoms with Gasteiger partial charge in [-0.1, -0.05) is 0 Å². The molecule has 3 rings (SSSR count). The molecular formula is C20H22N2O5. The van der Waals surface area contributed by atoms with E-state index in [1.165, 1.54) is 0 Å². The highest BCUT2D eigenvalue weighted by Gasteiger charge is 2.18. The Bertz CT molecular complexity index is 768. The smallest absolute Gasteiger partial charge is 0.262 e. The molecule has 7 nitrogen and oxygen atoms in total. The van der Waals surface area contributed by atoms with Crippen LogP contribution in [0.25, 0.3) is 0 Å². The molecule has 1 aliphatic rings. The predicted molar refractivity (Wildman–Crippen MR) is 100 cm³/mol. The van der Waals surface area contributed by atoms with E-state index < -0.39 is 0 Å². The number of carbonyl (C=O) groups excluding carboxylic acids is 2. The number of morpholine rings is 1. The average molecular weight is 370 g/mol. The number of nitrogens with one attached hydrogen (secondary N) is 1. The van der Waals surface area contributed by atoms with Gasteiger partial charge in [0.05, 0.1) is 20.3 Å². The molecule has 7 heteroatoms. The molecule has 0 aliphatic carbocycles. The third-order valence-electron chi connectivity index (χ3n) is 4.14. The maximum Gasteiger partial charge on any atom is 0.262 e. The minimum Gasteiger partial charge on any atom is -0.497 e. The second kappa shape index (κ2) is 9.05. The summed E-state index contributed by atoms with van der Waals surface area (Å²) in [7, 11) is 1.59. The molecule has 0 unspecified atom stereocenters. The second-order valence-corrected chi connectivity index (χ2v) is 5.99. The lowest BCUT2D eigenvalue weighted by atomic mass is 10.1. The highest BCUT2D eigenvalue weighted by Crippen LogP contribution is 2.17. The maximum atomic E-state index is 12.4. The van der Waals surface area contributed by atoms with Crippen molar-refractivity contribution >= 4 is 17.5 Å². The van der Waals surface area contributed by atoms with E-state index in [2.05, 4.69) is 5.32 Å². The first-order valence-electron chi connectivity index (χ1n) is 8.69. The zero-order chi connectivity index (χ0) is 19.1. The zero-order valence-corrected chi connectivity index (χ0v) is 15.1. The van der Waals surface area contributed by atoms with Gasteiger partial charge in [0, 0.05) is 24.3 Å². The standard InChI is InChI=1S/C20H22N2O5/c1-25-17-6-8-18(9-7-17)27-14-19(23)21-16-4-2-15(3-5-16)20(24)22-10-12-26-13-11-22/h2-9H,10-14H2,1H3,(H,21,23). The minimum atomic E-state index is -0.280. The van der Waals surface area contributed by atoms with Gasteiger partial charge in [0.1, 0.15) is 11.5 Å². The summed E-state index contributed by atoms with van der Waals surface area (Å²) in [6, 6.07) is 13.8. The van der Waals surface area contributed by atoms with E-state index in [4.69, 9.17) is 14.2 Å². The summed E-state index contributed by atoms with van der Waals surface area (Å²) in [5.74, 6) is 0.994. The summed E-state index contributed by atoms with van der Waals surface area (Å²) < 4.78 is 15.8. The Labute approximate surface area is 157 Å². The Hall–Kier alpha value is -3.06. The molecule has 2 aromatic rings. The second-order valence-electron chi connectivity index (χ2n) is 5.99. The van der Waals surface area contributed by atoms with Crippen LogP contribution in [0.3, 0.4) is 0 Å². The molecule has 1 heterocycles. The van der Waals surface area contributed by atoms with E-state index in [0.29, 0.717) is 43.3 Å². The molecule has 0 spiro atoms. The quantitative estimate of drug-likeness (QED) is 0.843. The van der Waals surface area contributed by atoms with Crippen LogP contribution >= 0.6 is 0 Å². The zero-order valence-electron chi connectivity index (χ0n) is 15.1. The van der Waals surface area contributed by atoms with Crippen LogP contribution in [0.1, 0.15) is 10.4 Å². The lowest BCUT2D eigenvalue weighted by Gasteiger charge is -2.26. The largest absolute Gasteiger partial charge is 0.497 e. The monoisotopic (exact) mass is 370 g/mol. The molecule has 2 amide bonds. The number of hydrogen-bond acceptors (Lipinski definition) is 5. The first kappa shape index (κ1) is 18.7. The predicted octanol–water partition coefficient (Wildman–Crippen LogP) is 2.19. The number of benzene rings is 2. The number of rotatable bonds is 6. The van der Waals surface area contributed by atoms with Crippen molar-refractivity contribution in [3.8, 4) is 11.5 Å². The number of amides is 2. The number of methoxy groups -OCH3 is 1. The third-order valence-corrected chi connectivity index (χ3v) is 4.14. The van der Waals surface area contributed by atoms with E-state index in [1.807, 2.05) is 0 Å². The first-order valence-corrected chi connectivity index (χ1v) is 8.69. The summed E-state index contributed by atoms with van der Waals surface area (Å²) in [5.41, 5.74) is 1.20. The van der Waals surface area contributed by atoms with E-state index in [1.54, 1.807) is 60.5 Å². The first-order chi connectivity index (χ1) is 13.2. The Morgan fingerprint density at radius 3 is 2.26 bits per heavy atom. The molecule has 0 saturated carbocycles. The van der Waals surface area contributed by atoms with Crippen molar-refractivity contribution in [1.29, 1.82) is 0 Å². The van der Waals surface area contributed by atoms with Crippen LogP contribution in [0, 0.1) is 0 Å². The van der Waals surface area contributed by atoms with E-state index >= 15 is 0 Å². The maximum absolute atomic E-state index is 12.4. The van der Waals surface area contributed by atoms with E-state index in [-0.39, 0.29) is 18.4 Å². The van der Waals surface area contributed by atoms with Gasteiger partial charge in [-0.15, -0.1) is 0 Å². The average Bonchev–Trinajstić information content (AvgIpc) is 2.73. The van der Waals surface area contributed by atoms with Gasteiger partial charge in [-0.3, -0.25) is 9.59 Å². The highest BCUT2D eigenvalue weighted by atomic mass is 16.5. The van der Waals surface area contributed by atoms with Gasteiger partial charge in [0.2, 0.25) is 0 Å². The number of ether oxygens (including phenoxy) is 3. The van der Waals surface area contributed by atoms with Crippen molar-refractivity contribution in [2.24, 2.45) is 0 Å². The Balaban J connectivity index is 1.49. The van der Waals surface area contributed by atoms with Crippen molar-refractivity contribution < 1.29 is 23.8 Å². The van der Waals surface area contributed by atoms with Crippen molar-refractivity contribution in [2.75, 3.05) is 45.3 Å². The molecule has 142 valence electrons. The Morgan fingerprint density at radius 1 is 1.00 bits per heavy atom. The summed E-state index contributed by atoms with van der Waals surface area (Å²) in [4.78, 5) is 26.2. The number of hydrogen-bond donors (Lipinski definition) is 1. The summed E-state index contributed by atoms with van der Waals surface area (Å²) in [6.45, 7) is 2.21. The third kappa shape index (κ3) is 5.21. The topological polar surface area (TPSA) is 77.1 Å². The summed E-state index contributed by atoms with van der Waals surface area (Å²) in [5, 5.41) is 2.75. The summed E-state index contributed by atoms with van der Waals surface area (Å²) >= 11 is 0. The minimum absolute atomic E-state index is 0.0287. The van der Waals surface area contributed by atoms with Gasteiger partial charge >= 0.3 is 0 Å². The lowest BCUT2D eigenvalue weighted by Crippen LogP contribution is -2.40. The van der Waals surface area contributed by atoms with E-state index in [0.717, 1.165) is 5.75 Å². The molecule has 0 atom stereocenters. The lowest BCUT2D eigenvalue weighted by molar-refractivity contribution is -0.118. The van der Waals surface area contributed by atoms with Gasteiger partial charge in [-0.2, -0.15) is 0 Å². The highest BCUT2D eigenvalue weighted by molar-refractivity contribution is 5.96. The molecule has 1 aliphatic heterocycles. The van der Waals surface area contributed by atoms with Gasteiger partial charge in [0.25, 0.3) is 11.8 Å². The Morgan fingerprint density at radius 2 is 1.63 bits per heavy atom. The SMILES string of the molecule is COc1ccc(OCC(=O)Nc2ccc(C(=O)N3CCOCC3)cc2)cc1. The molecular weight excluding hydrogens is 348 g/mol. The van der Waals surface area contributed by atoms with E-state index in [9.17, 15) is 9.59 Å². The number of nitrogens with zero attached hydrogens (tertiary/aromatic N) is 1. The van der Waals surface area contributed by atoms with Crippen LogP contribution in [0.5, 0.6) is 11.5 Å². The fourth-order valence-corrected chi connectivity index (χ4v) is 2.66. The molecule has 1 saturated heterocycles. The van der Waals surface area contributed by atoms with Crippen LogP contribution in [0.2, 0.25) is 0 Å². The molecule has 1 fully saturated rings. The molecule has 0 bridgehead atoms. The number of carbonyl (C=O) groups is 2.